The van der Waals surface area contributed by atoms with E-state index in [9.17, 15) is 23.7 Å². The maximum atomic E-state index is 14.9. The van der Waals surface area contributed by atoms with Crippen molar-refractivity contribution < 1.29 is 38.2 Å². The van der Waals surface area contributed by atoms with Gasteiger partial charge in [-0.1, -0.05) is 0 Å². The fourth-order valence-electron chi connectivity index (χ4n) is 4.05. The number of carbonyl (C=O) groups is 2. The summed E-state index contributed by atoms with van der Waals surface area (Å²) < 4.78 is 31.8. The lowest BCUT2D eigenvalue weighted by Crippen LogP contribution is -2.28. The van der Waals surface area contributed by atoms with E-state index in [4.69, 9.17) is 26.1 Å². The Labute approximate surface area is 185 Å². The molecule has 0 spiro atoms. The molecule has 2 aliphatic rings. The average molecular weight is 492 g/mol. The molecule has 2 aromatic rings. The van der Waals surface area contributed by atoms with E-state index in [-0.39, 0.29) is 34.1 Å². The van der Waals surface area contributed by atoms with Crippen molar-refractivity contribution in [2.45, 2.75) is 43.6 Å². The zero-order valence-corrected chi connectivity index (χ0v) is 18.1. The minimum atomic E-state index is -4.48. The number of nitrogens with one attached hydrogen (secondary N) is 1. The summed E-state index contributed by atoms with van der Waals surface area (Å²) in [5, 5.41) is 13.1. The summed E-state index contributed by atoms with van der Waals surface area (Å²) in [7, 11) is -4.48. The summed E-state index contributed by atoms with van der Waals surface area (Å²) in [5.74, 6) is -1.72. The lowest BCUT2D eigenvalue weighted by atomic mass is 10.1. The van der Waals surface area contributed by atoms with Gasteiger partial charge >= 0.3 is 7.60 Å². The molecule has 174 valence electrons. The smallest absolute Gasteiger partial charge is 0.350 e. The van der Waals surface area contributed by atoms with Gasteiger partial charge in [0.15, 0.2) is 28.9 Å². The highest BCUT2D eigenvalue weighted by molar-refractivity contribution is 7.51. The summed E-state index contributed by atoms with van der Waals surface area (Å²) >= 11 is 6.02. The van der Waals surface area contributed by atoms with E-state index in [1.807, 2.05) is 0 Å². The Morgan fingerprint density at radius 2 is 2.09 bits per heavy atom. The summed E-state index contributed by atoms with van der Waals surface area (Å²) in [6.07, 6.45) is -2.19. The van der Waals surface area contributed by atoms with Crippen LogP contribution in [0.15, 0.2) is 6.33 Å². The highest BCUT2D eigenvalue weighted by Gasteiger charge is 2.51. The molecule has 32 heavy (non-hydrogen) atoms. The topological polar surface area (TPSA) is 177 Å². The Morgan fingerprint density at radius 1 is 1.34 bits per heavy atom. The molecule has 0 bridgehead atoms. The number of anilines is 1. The minimum Gasteiger partial charge on any atom is -0.389 e. The number of hydrogen-bond donors (Lipinski definition) is 4. The molecule has 0 amide bonds. The van der Waals surface area contributed by atoms with Crippen LogP contribution in [0.2, 0.25) is 5.28 Å². The predicted molar refractivity (Wildman–Crippen MR) is 108 cm³/mol. The number of aliphatic hydroxyl groups is 1. The molecule has 2 aromatic heterocycles. The number of fused-ring (bicyclic) bond motifs is 1. The Balaban J connectivity index is 1.61. The molecule has 0 unspecified atom stereocenters. The minimum absolute atomic E-state index is 0.0572. The molecule has 12 nitrogen and oxygen atoms in total. The molecular formula is C17H20ClFN5O7P. The van der Waals surface area contributed by atoms with Crippen LogP contribution in [0.25, 0.3) is 11.2 Å². The number of Topliss-reactive ketones (excluding diaryl/α,β-unsaturated/α-hetero) is 2. The summed E-state index contributed by atoms with van der Waals surface area (Å²) in [6, 6.07) is -1.66. The van der Waals surface area contributed by atoms with Gasteiger partial charge in [-0.05, 0) is 18.0 Å². The van der Waals surface area contributed by atoms with Crippen LogP contribution in [-0.4, -0.2) is 77.3 Å². The molecule has 4 rings (SSSR count). The maximum absolute atomic E-state index is 14.9. The van der Waals surface area contributed by atoms with Crippen LogP contribution in [0, 0.1) is 5.92 Å². The molecule has 0 aliphatic heterocycles. The van der Waals surface area contributed by atoms with Gasteiger partial charge < -0.3 is 29.5 Å². The standard InChI is InChI=1S/C17H20ClFN5O7P/c18-17-22-15(21-7-1-2-8(25)3-7)11-16(23-17)24(5-20-11)12-10(19)13(26)9(14(12)27)4-31-6-32(28,29)30/h5,7,9-10,12-13,26H,1-4,6H2,(H,21,22,23)(H2,28,29,30)/t7-,9+,10-,12-,13+/m0/s1. The number of nitrogens with zero attached hydrogens (tertiary/aromatic N) is 4. The first-order valence-corrected chi connectivity index (χ1v) is 11.9. The van der Waals surface area contributed by atoms with Crippen LogP contribution in [0.1, 0.15) is 25.3 Å². The number of aromatic nitrogens is 4. The third-order valence-electron chi connectivity index (χ3n) is 5.53. The number of imidazole rings is 1. The first-order valence-electron chi connectivity index (χ1n) is 9.71. The molecule has 5 atom stereocenters. The van der Waals surface area contributed by atoms with Gasteiger partial charge in [0.05, 0.1) is 25.0 Å². The fourth-order valence-corrected chi connectivity index (χ4v) is 4.56. The van der Waals surface area contributed by atoms with E-state index >= 15 is 0 Å². The molecule has 2 heterocycles. The van der Waals surface area contributed by atoms with E-state index in [1.54, 1.807) is 0 Å². The van der Waals surface area contributed by atoms with Crippen molar-refractivity contribution in [1.29, 1.82) is 0 Å². The Hall–Kier alpha value is -2.02. The summed E-state index contributed by atoms with van der Waals surface area (Å²) in [5.41, 5.74) is 0.270. The van der Waals surface area contributed by atoms with E-state index in [1.165, 1.54) is 6.33 Å². The van der Waals surface area contributed by atoms with Crippen molar-refractivity contribution >= 4 is 47.7 Å². The Bertz CT molecular complexity index is 1110. The molecule has 0 saturated heterocycles. The maximum Gasteiger partial charge on any atom is 0.350 e. The molecule has 2 aliphatic carbocycles. The number of ether oxygens (including phenoxy) is 1. The number of aliphatic hydroxyl groups excluding tert-OH is 1. The van der Waals surface area contributed by atoms with Crippen LogP contribution >= 0.6 is 19.2 Å². The van der Waals surface area contributed by atoms with E-state index in [0.29, 0.717) is 19.3 Å². The van der Waals surface area contributed by atoms with Gasteiger partial charge in [-0.2, -0.15) is 9.97 Å². The van der Waals surface area contributed by atoms with Crippen LogP contribution in [0.5, 0.6) is 0 Å². The Morgan fingerprint density at radius 3 is 2.75 bits per heavy atom. The van der Waals surface area contributed by atoms with Gasteiger partial charge in [0.25, 0.3) is 0 Å². The highest BCUT2D eigenvalue weighted by atomic mass is 35.5. The second kappa shape index (κ2) is 8.73. The number of hydrogen-bond acceptors (Lipinski definition) is 9. The molecule has 15 heteroatoms. The quantitative estimate of drug-likeness (QED) is 0.315. The summed E-state index contributed by atoms with van der Waals surface area (Å²) in [6.45, 7) is -0.563. The number of ketones is 2. The van der Waals surface area contributed by atoms with Gasteiger partial charge in [-0.3, -0.25) is 14.2 Å². The number of carbonyl (C=O) groups excluding carboxylic acids is 2. The second-order valence-corrected chi connectivity index (χ2v) is 9.77. The second-order valence-electron chi connectivity index (χ2n) is 7.84. The van der Waals surface area contributed by atoms with Crippen LogP contribution in [-0.2, 0) is 18.9 Å². The lowest BCUT2D eigenvalue weighted by Gasteiger charge is -2.16. The first-order chi connectivity index (χ1) is 15.0. The van der Waals surface area contributed by atoms with Crippen LogP contribution in [0.4, 0.5) is 10.2 Å². The van der Waals surface area contributed by atoms with Crippen molar-refractivity contribution in [2.75, 3.05) is 18.3 Å². The van der Waals surface area contributed by atoms with Crippen LogP contribution in [0.3, 0.4) is 0 Å². The van der Waals surface area contributed by atoms with E-state index in [2.05, 4.69) is 20.3 Å². The van der Waals surface area contributed by atoms with Gasteiger partial charge in [0.2, 0.25) is 5.28 Å². The van der Waals surface area contributed by atoms with Gasteiger partial charge in [0, 0.05) is 18.9 Å². The highest BCUT2D eigenvalue weighted by Crippen LogP contribution is 2.39. The third kappa shape index (κ3) is 4.54. The molecule has 4 N–H and O–H groups in total. The molecule has 0 radical (unpaired) electrons. The number of alkyl halides is 1. The molecule has 2 fully saturated rings. The monoisotopic (exact) mass is 491 g/mol. The number of halogens is 2. The largest absolute Gasteiger partial charge is 0.389 e. The van der Waals surface area contributed by atoms with Crippen molar-refractivity contribution in [3.05, 3.63) is 11.6 Å². The zero-order valence-electron chi connectivity index (χ0n) is 16.5. The molecule has 0 aromatic carbocycles. The predicted octanol–water partition coefficient (Wildman–Crippen LogP) is 0.604. The average Bonchev–Trinajstić information content (AvgIpc) is 3.35. The van der Waals surface area contributed by atoms with E-state index < -0.39 is 50.6 Å². The van der Waals surface area contributed by atoms with Gasteiger partial charge in [-0.15, -0.1) is 0 Å². The number of rotatable bonds is 7. The Kier molecular flexibility index (Phi) is 6.31. The van der Waals surface area contributed by atoms with Crippen molar-refractivity contribution in [3.63, 3.8) is 0 Å². The van der Waals surface area contributed by atoms with Gasteiger partial charge in [0.1, 0.15) is 18.2 Å². The van der Waals surface area contributed by atoms with Crippen molar-refractivity contribution in [1.82, 2.24) is 19.5 Å². The van der Waals surface area contributed by atoms with Crippen LogP contribution < -0.4 is 5.32 Å². The lowest BCUT2D eigenvalue weighted by molar-refractivity contribution is -0.126. The SMILES string of the molecule is O=C1CC[C@H](Nc2nc(Cl)nc3c2ncn3[C@@H]2C(=O)[C@H](COCP(=O)(O)O)[C@@H](O)[C@H]2F)C1. The molecule has 2 saturated carbocycles. The zero-order chi connectivity index (χ0) is 23.2. The van der Waals surface area contributed by atoms with Crippen molar-refractivity contribution in [3.8, 4) is 0 Å². The molecular weight excluding hydrogens is 472 g/mol. The van der Waals surface area contributed by atoms with E-state index in [0.717, 1.165) is 4.57 Å². The third-order valence-corrected chi connectivity index (χ3v) is 6.22. The normalized spacial score (nSPS) is 28.7. The summed E-state index contributed by atoms with van der Waals surface area (Å²) in [4.78, 5) is 54.5. The fraction of sp³-hybridized carbons (Fsp3) is 0.588. The first kappa shape index (κ1) is 23.1. The van der Waals surface area contributed by atoms with Gasteiger partial charge in [-0.25, -0.2) is 9.37 Å². The van der Waals surface area contributed by atoms with Crippen molar-refractivity contribution in [2.24, 2.45) is 5.92 Å².